The summed E-state index contributed by atoms with van der Waals surface area (Å²) in [5.74, 6) is 1.00. The number of pyridine rings is 1. The predicted molar refractivity (Wildman–Crippen MR) is 84.2 cm³/mol. The van der Waals surface area contributed by atoms with Gasteiger partial charge in [0.1, 0.15) is 5.82 Å². The molecule has 0 aliphatic heterocycles. The van der Waals surface area contributed by atoms with Crippen molar-refractivity contribution in [3.05, 3.63) is 40.4 Å². The molecule has 0 bridgehead atoms. The molecule has 3 N–H and O–H groups in total. The van der Waals surface area contributed by atoms with Gasteiger partial charge in [0.15, 0.2) is 0 Å². The first-order chi connectivity index (χ1) is 9.60. The van der Waals surface area contributed by atoms with Crippen LogP contribution in [0.2, 0.25) is 10.0 Å². The lowest BCUT2D eigenvalue weighted by Gasteiger charge is -2.11. The molecule has 4 nitrogen and oxygen atoms in total. The third-order valence-corrected chi connectivity index (χ3v) is 3.09. The monoisotopic (exact) mass is 311 g/mol. The minimum atomic E-state index is 0.412. The molecule has 20 heavy (non-hydrogen) atoms. The molecule has 0 aliphatic rings. The largest absolute Gasteiger partial charge is 0.476 e. The summed E-state index contributed by atoms with van der Waals surface area (Å²) in [5.41, 5.74) is 6.99. The molecule has 0 amide bonds. The van der Waals surface area contributed by atoms with E-state index < -0.39 is 0 Å². The Morgan fingerprint density at radius 3 is 2.80 bits per heavy atom. The molecule has 0 aliphatic carbocycles. The molecule has 6 heteroatoms. The second-order valence-electron chi connectivity index (χ2n) is 4.19. The van der Waals surface area contributed by atoms with Gasteiger partial charge in [-0.2, -0.15) is 4.98 Å². The Bertz CT molecular complexity index is 605. The maximum atomic E-state index is 6.10. The molecule has 1 aromatic carbocycles. The zero-order valence-electron chi connectivity index (χ0n) is 11.0. The highest BCUT2D eigenvalue weighted by Gasteiger charge is 2.07. The minimum Gasteiger partial charge on any atom is -0.476 e. The first kappa shape index (κ1) is 14.8. The first-order valence-corrected chi connectivity index (χ1v) is 6.97. The van der Waals surface area contributed by atoms with Crippen molar-refractivity contribution in [2.24, 2.45) is 0 Å². The van der Waals surface area contributed by atoms with E-state index in [1.54, 1.807) is 30.3 Å². The van der Waals surface area contributed by atoms with Gasteiger partial charge in [-0.15, -0.1) is 0 Å². The minimum absolute atomic E-state index is 0.412. The molecule has 0 atom stereocenters. The van der Waals surface area contributed by atoms with E-state index in [9.17, 15) is 0 Å². The summed E-state index contributed by atoms with van der Waals surface area (Å²) in [4.78, 5) is 4.32. The molecular weight excluding hydrogens is 297 g/mol. The number of anilines is 3. The second-order valence-corrected chi connectivity index (χ2v) is 5.03. The van der Waals surface area contributed by atoms with Crippen LogP contribution in [0.1, 0.15) is 13.3 Å². The number of benzene rings is 1. The molecule has 0 saturated carbocycles. The normalized spacial score (nSPS) is 10.3. The predicted octanol–water partition coefficient (Wildman–Crippen LogP) is 4.50. The van der Waals surface area contributed by atoms with Crippen LogP contribution in [0.15, 0.2) is 30.3 Å². The van der Waals surface area contributed by atoms with Crippen molar-refractivity contribution in [3.63, 3.8) is 0 Å². The van der Waals surface area contributed by atoms with Crippen LogP contribution in [-0.2, 0) is 0 Å². The van der Waals surface area contributed by atoms with Gasteiger partial charge in [-0.3, -0.25) is 0 Å². The van der Waals surface area contributed by atoms with Crippen LogP contribution in [0, 0.1) is 0 Å². The van der Waals surface area contributed by atoms with Crippen LogP contribution in [-0.4, -0.2) is 11.6 Å². The summed E-state index contributed by atoms with van der Waals surface area (Å²) in [6, 6.07) is 8.66. The summed E-state index contributed by atoms with van der Waals surface area (Å²) in [6.45, 7) is 2.59. The van der Waals surface area contributed by atoms with Crippen LogP contribution >= 0.6 is 23.2 Å². The maximum absolute atomic E-state index is 6.10. The van der Waals surface area contributed by atoms with Crippen LogP contribution in [0.4, 0.5) is 17.2 Å². The number of rotatable bonds is 5. The van der Waals surface area contributed by atoms with Gasteiger partial charge in [-0.25, -0.2) is 0 Å². The highest BCUT2D eigenvalue weighted by molar-refractivity contribution is 6.35. The fourth-order valence-electron chi connectivity index (χ4n) is 1.57. The van der Waals surface area contributed by atoms with Gasteiger partial charge in [-0.05, 0) is 36.8 Å². The number of hydrogen-bond acceptors (Lipinski definition) is 4. The highest BCUT2D eigenvalue weighted by Crippen LogP contribution is 2.29. The van der Waals surface area contributed by atoms with E-state index in [0.717, 1.165) is 6.42 Å². The van der Waals surface area contributed by atoms with E-state index in [1.807, 2.05) is 6.92 Å². The van der Waals surface area contributed by atoms with Gasteiger partial charge < -0.3 is 15.8 Å². The first-order valence-electron chi connectivity index (χ1n) is 6.21. The summed E-state index contributed by atoms with van der Waals surface area (Å²) < 4.78 is 5.48. The topological polar surface area (TPSA) is 60.2 Å². The number of aromatic nitrogens is 1. The molecule has 0 saturated heterocycles. The number of nitrogen functional groups attached to an aromatic ring is 1. The van der Waals surface area contributed by atoms with Crippen LogP contribution in [0.25, 0.3) is 0 Å². The lowest BCUT2D eigenvalue weighted by Crippen LogP contribution is -2.03. The molecule has 1 aromatic heterocycles. The van der Waals surface area contributed by atoms with Gasteiger partial charge in [0.25, 0.3) is 0 Å². The van der Waals surface area contributed by atoms with Gasteiger partial charge in [-0.1, -0.05) is 30.1 Å². The van der Waals surface area contributed by atoms with Gasteiger partial charge in [0, 0.05) is 5.02 Å². The van der Waals surface area contributed by atoms with Crippen LogP contribution < -0.4 is 15.8 Å². The molecule has 0 fully saturated rings. The molecule has 2 aromatic rings. The second kappa shape index (κ2) is 6.68. The average molecular weight is 312 g/mol. The molecule has 2 rings (SSSR count). The van der Waals surface area contributed by atoms with Crippen molar-refractivity contribution in [3.8, 4) is 5.88 Å². The SMILES string of the molecule is CCCOc1nc(Nc2cc(Cl)ccc2Cl)ccc1N. The Labute approximate surface area is 127 Å². The van der Waals surface area contributed by atoms with Crippen molar-refractivity contribution in [2.75, 3.05) is 17.7 Å². The van der Waals surface area contributed by atoms with Crippen molar-refractivity contribution >= 4 is 40.4 Å². The van der Waals surface area contributed by atoms with E-state index in [2.05, 4.69) is 10.3 Å². The molecule has 0 spiro atoms. The molecule has 0 radical (unpaired) electrons. The maximum Gasteiger partial charge on any atom is 0.239 e. The highest BCUT2D eigenvalue weighted by atomic mass is 35.5. The van der Waals surface area contributed by atoms with E-state index in [1.165, 1.54) is 0 Å². The van der Waals surface area contributed by atoms with Gasteiger partial charge >= 0.3 is 0 Å². The lowest BCUT2D eigenvalue weighted by molar-refractivity contribution is 0.307. The Morgan fingerprint density at radius 2 is 2.05 bits per heavy atom. The number of nitrogens with two attached hydrogens (primary N) is 1. The summed E-state index contributed by atoms with van der Waals surface area (Å²) in [7, 11) is 0. The van der Waals surface area contributed by atoms with E-state index >= 15 is 0 Å². The van der Waals surface area contributed by atoms with Crippen molar-refractivity contribution < 1.29 is 4.74 Å². The standard InChI is InChI=1S/C14H15Cl2N3O/c1-2-7-20-14-11(17)5-6-13(19-14)18-12-8-9(15)3-4-10(12)16/h3-6,8H,2,7,17H2,1H3,(H,18,19). The summed E-state index contributed by atoms with van der Waals surface area (Å²) >= 11 is 12.0. The third-order valence-electron chi connectivity index (χ3n) is 2.52. The van der Waals surface area contributed by atoms with E-state index in [-0.39, 0.29) is 0 Å². The summed E-state index contributed by atoms with van der Waals surface area (Å²) in [5, 5.41) is 4.25. The number of halogens is 2. The van der Waals surface area contributed by atoms with Crippen molar-refractivity contribution in [2.45, 2.75) is 13.3 Å². The van der Waals surface area contributed by atoms with Gasteiger partial charge in [0.2, 0.25) is 5.88 Å². The molecular formula is C14H15Cl2N3O. The van der Waals surface area contributed by atoms with Crippen molar-refractivity contribution in [1.82, 2.24) is 4.98 Å². The number of nitrogens with one attached hydrogen (secondary N) is 1. The van der Waals surface area contributed by atoms with Crippen LogP contribution in [0.5, 0.6) is 5.88 Å². The van der Waals surface area contributed by atoms with Gasteiger partial charge in [0.05, 0.1) is 23.0 Å². The summed E-state index contributed by atoms with van der Waals surface area (Å²) in [6.07, 6.45) is 0.888. The fourth-order valence-corrected chi connectivity index (χ4v) is 1.90. The Morgan fingerprint density at radius 1 is 1.25 bits per heavy atom. The lowest BCUT2D eigenvalue weighted by atomic mass is 10.3. The number of hydrogen-bond donors (Lipinski definition) is 2. The molecule has 106 valence electrons. The van der Waals surface area contributed by atoms with E-state index in [4.69, 9.17) is 33.7 Å². The smallest absolute Gasteiger partial charge is 0.239 e. The van der Waals surface area contributed by atoms with E-state index in [0.29, 0.717) is 39.7 Å². The van der Waals surface area contributed by atoms with Crippen molar-refractivity contribution in [1.29, 1.82) is 0 Å². The number of ether oxygens (including phenoxy) is 1. The average Bonchev–Trinajstić information content (AvgIpc) is 2.43. The zero-order valence-corrected chi connectivity index (χ0v) is 12.5. The fraction of sp³-hybridized carbons (Fsp3) is 0.214. The Balaban J connectivity index is 2.22. The molecule has 0 unspecified atom stereocenters. The quantitative estimate of drug-likeness (QED) is 0.853. The van der Waals surface area contributed by atoms with Crippen LogP contribution in [0.3, 0.4) is 0 Å². The molecule has 1 heterocycles. The zero-order chi connectivity index (χ0) is 14.5. The Hall–Kier alpha value is -1.65. The third kappa shape index (κ3) is 3.68. The number of nitrogens with zero attached hydrogens (tertiary/aromatic N) is 1. The Kier molecular flexibility index (Phi) is 4.93.